The molecule has 1 aliphatic rings. The van der Waals surface area contributed by atoms with Crippen LogP contribution in [0.25, 0.3) is 0 Å². The van der Waals surface area contributed by atoms with Gasteiger partial charge in [0.15, 0.2) is 0 Å². The topological polar surface area (TPSA) is 47.6 Å². The van der Waals surface area contributed by atoms with Crippen LogP contribution in [0.15, 0.2) is 48.5 Å². The first-order valence-corrected chi connectivity index (χ1v) is 9.96. The summed E-state index contributed by atoms with van der Waals surface area (Å²) < 4.78 is 49.9. The van der Waals surface area contributed by atoms with Gasteiger partial charge in [0, 0.05) is 5.92 Å². The fourth-order valence-corrected chi connectivity index (χ4v) is 3.94. The molecule has 0 bridgehead atoms. The van der Waals surface area contributed by atoms with Crippen LogP contribution < -0.4 is 14.8 Å². The number of nitrogens with one attached hydrogen (secondary N) is 1. The summed E-state index contributed by atoms with van der Waals surface area (Å²) in [5.41, 5.74) is 1.63. The lowest BCUT2D eigenvalue weighted by Gasteiger charge is -2.31. The third-order valence-electron chi connectivity index (χ3n) is 5.69. The van der Waals surface area contributed by atoms with Gasteiger partial charge in [0.05, 0.1) is 26.2 Å². The smallest absolute Gasteiger partial charge is 0.391 e. The number of halogens is 3. The predicted molar refractivity (Wildman–Crippen MR) is 107 cm³/mol. The largest absolute Gasteiger partial charge is 0.497 e. The van der Waals surface area contributed by atoms with Gasteiger partial charge in [-0.05, 0) is 54.7 Å². The second-order valence-corrected chi connectivity index (χ2v) is 7.59. The Labute approximate surface area is 174 Å². The summed E-state index contributed by atoms with van der Waals surface area (Å²) in [5, 5.41) is 2.98. The molecule has 0 spiro atoms. The third kappa shape index (κ3) is 5.26. The minimum Gasteiger partial charge on any atom is -0.497 e. The molecule has 1 aliphatic carbocycles. The van der Waals surface area contributed by atoms with E-state index in [0.29, 0.717) is 24.3 Å². The van der Waals surface area contributed by atoms with E-state index in [4.69, 9.17) is 9.47 Å². The Kier molecular flexibility index (Phi) is 6.90. The number of methoxy groups -OCH3 is 2. The van der Waals surface area contributed by atoms with Gasteiger partial charge in [0.25, 0.3) is 0 Å². The van der Waals surface area contributed by atoms with Gasteiger partial charge < -0.3 is 14.8 Å². The maximum Gasteiger partial charge on any atom is 0.391 e. The highest BCUT2D eigenvalue weighted by Gasteiger charge is 2.43. The molecule has 1 saturated carbocycles. The molecule has 0 unspecified atom stereocenters. The van der Waals surface area contributed by atoms with E-state index in [1.54, 1.807) is 38.5 Å². The van der Waals surface area contributed by atoms with Crippen molar-refractivity contribution < 1.29 is 27.4 Å². The van der Waals surface area contributed by atoms with Gasteiger partial charge in [-0.25, -0.2) is 0 Å². The maximum absolute atomic E-state index is 13.2. The molecular formula is C23H26F3NO3. The Morgan fingerprint density at radius 1 is 0.933 bits per heavy atom. The molecule has 0 aromatic heterocycles. The molecule has 2 aromatic rings. The van der Waals surface area contributed by atoms with Crippen LogP contribution >= 0.6 is 0 Å². The average Bonchev–Trinajstić information content (AvgIpc) is 2.77. The minimum atomic E-state index is -4.26. The molecule has 2 aromatic carbocycles. The monoisotopic (exact) mass is 421 g/mol. The van der Waals surface area contributed by atoms with Crippen molar-refractivity contribution in [2.24, 2.45) is 11.8 Å². The van der Waals surface area contributed by atoms with Gasteiger partial charge in [0.1, 0.15) is 11.5 Å². The molecule has 30 heavy (non-hydrogen) atoms. The minimum absolute atomic E-state index is 0.0909. The van der Waals surface area contributed by atoms with Gasteiger partial charge in [-0.15, -0.1) is 0 Å². The number of hydrogen-bond donors (Lipinski definition) is 1. The molecule has 0 aliphatic heterocycles. The van der Waals surface area contributed by atoms with Crippen LogP contribution in [0.1, 0.15) is 42.9 Å². The third-order valence-corrected chi connectivity index (χ3v) is 5.69. The van der Waals surface area contributed by atoms with Crippen molar-refractivity contribution in [1.82, 2.24) is 5.32 Å². The fourth-order valence-electron chi connectivity index (χ4n) is 3.94. The molecule has 0 saturated heterocycles. The van der Waals surface area contributed by atoms with Crippen molar-refractivity contribution in [3.05, 3.63) is 59.7 Å². The summed E-state index contributed by atoms with van der Waals surface area (Å²) in [6.07, 6.45) is -3.46. The number of carbonyl (C=O) groups is 1. The summed E-state index contributed by atoms with van der Waals surface area (Å²) in [6.45, 7) is 0. The Hall–Kier alpha value is -2.70. The molecule has 162 valence electrons. The van der Waals surface area contributed by atoms with E-state index in [1.807, 2.05) is 24.3 Å². The SMILES string of the molecule is COc1ccc(C(NC(=O)[C@@H]2CCC[C@H](C(F)(F)F)C2)c2ccc(OC)cc2)cc1. The van der Waals surface area contributed by atoms with Crippen molar-refractivity contribution in [1.29, 1.82) is 0 Å². The highest BCUT2D eigenvalue weighted by Crippen LogP contribution is 2.40. The number of hydrogen-bond acceptors (Lipinski definition) is 3. The molecule has 7 heteroatoms. The number of ether oxygens (including phenoxy) is 2. The molecular weight excluding hydrogens is 395 g/mol. The lowest BCUT2D eigenvalue weighted by Crippen LogP contribution is -2.39. The zero-order valence-electron chi connectivity index (χ0n) is 17.0. The molecule has 3 rings (SSSR count). The zero-order chi connectivity index (χ0) is 21.7. The van der Waals surface area contributed by atoms with Gasteiger partial charge in [0.2, 0.25) is 5.91 Å². The number of carbonyl (C=O) groups excluding carboxylic acids is 1. The first-order chi connectivity index (χ1) is 14.3. The fraction of sp³-hybridized carbons (Fsp3) is 0.435. The van der Waals surface area contributed by atoms with E-state index >= 15 is 0 Å². The van der Waals surface area contributed by atoms with Crippen LogP contribution in [0, 0.1) is 11.8 Å². The van der Waals surface area contributed by atoms with Crippen molar-refractivity contribution in [3.63, 3.8) is 0 Å². The Balaban J connectivity index is 1.83. The van der Waals surface area contributed by atoms with Crippen molar-refractivity contribution >= 4 is 5.91 Å². The molecule has 0 heterocycles. The summed E-state index contributed by atoms with van der Waals surface area (Å²) in [4.78, 5) is 12.9. The first kappa shape index (κ1) is 22.0. The van der Waals surface area contributed by atoms with Crippen LogP contribution in [-0.4, -0.2) is 26.3 Å². The highest BCUT2D eigenvalue weighted by molar-refractivity contribution is 5.79. The molecule has 2 atom stereocenters. The van der Waals surface area contributed by atoms with E-state index in [2.05, 4.69) is 5.32 Å². The molecule has 1 amide bonds. The van der Waals surface area contributed by atoms with E-state index in [0.717, 1.165) is 11.1 Å². The van der Waals surface area contributed by atoms with E-state index < -0.39 is 24.1 Å². The van der Waals surface area contributed by atoms with Gasteiger partial charge in [-0.1, -0.05) is 30.7 Å². The Morgan fingerprint density at radius 3 is 1.87 bits per heavy atom. The van der Waals surface area contributed by atoms with E-state index in [1.165, 1.54) is 0 Å². The summed E-state index contributed by atoms with van der Waals surface area (Å²) in [5.74, 6) is -1.05. The number of alkyl halides is 3. The van der Waals surface area contributed by atoms with Gasteiger partial charge >= 0.3 is 6.18 Å². The van der Waals surface area contributed by atoms with Crippen LogP contribution in [-0.2, 0) is 4.79 Å². The van der Waals surface area contributed by atoms with Gasteiger partial charge in [-0.3, -0.25) is 4.79 Å². The quantitative estimate of drug-likeness (QED) is 0.691. The van der Waals surface area contributed by atoms with Crippen molar-refractivity contribution in [3.8, 4) is 11.5 Å². The molecule has 1 fully saturated rings. The van der Waals surface area contributed by atoms with Gasteiger partial charge in [-0.2, -0.15) is 13.2 Å². The number of amides is 1. The summed E-state index contributed by atoms with van der Waals surface area (Å²) in [6, 6.07) is 14.0. The summed E-state index contributed by atoms with van der Waals surface area (Å²) in [7, 11) is 3.13. The molecule has 0 radical (unpaired) electrons. The predicted octanol–water partition coefficient (Wildman–Crippen LogP) is 5.28. The second kappa shape index (κ2) is 9.41. The lowest BCUT2D eigenvalue weighted by molar-refractivity contribution is -0.186. The standard InChI is InChI=1S/C23H26F3NO3/c1-29-19-10-6-15(7-11-19)21(16-8-12-20(30-2)13-9-16)27-22(28)17-4-3-5-18(14-17)23(24,25)26/h6-13,17-18,21H,3-5,14H2,1-2H3,(H,27,28)/t17-,18+/m1/s1. The van der Waals surface area contributed by atoms with Crippen LogP contribution in [0.2, 0.25) is 0 Å². The normalized spacial score (nSPS) is 19.4. The van der Waals surface area contributed by atoms with Crippen LogP contribution in [0.3, 0.4) is 0 Å². The Bertz CT molecular complexity index is 787. The van der Waals surface area contributed by atoms with Crippen molar-refractivity contribution in [2.45, 2.75) is 37.9 Å². The zero-order valence-corrected chi connectivity index (χ0v) is 17.0. The van der Waals surface area contributed by atoms with E-state index in [9.17, 15) is 18.0 Å². The average molecular weight is 421 g/mol. The number of rotatable bonds is 6. The molecule has 4 nitrogen and oxygen atoms in total. The number of benzene rings is 2. The highest BCUT2D eigenvalue weighted by atomic mass is 19.4. The van der Waals surface area contributed by atoms with Crippen molar-refractivity contribution in [2.75, 3.05) is 14.2 Å². The molecule has 1 N–H and O–H groups in total. The van der Waals surface area contributed by atoms with Crippen LogP contribution in [0.5, 0.6) is 11.5 Å². The Morgan fingerprint density at radius 2 is 1.43 bits per heavy atom. The van der Waals surface area contributed by atoms with Crippen LogP contribution in [0.4, 0.5) is 13.2 Å². The maximum atomic E-state index is 13.2. The van der Waals surface area contributed by atoms with E-state index in [-0.39, 0.29) is 18.7 Å². The lowest BCUT2D eigenvalue weighted by atomic mass is 9.80. The first-order valence-electron chi connectivity index (χ1n) is 9.96. The summed E-state index contributed by atoms with van der Waals surface area (Å²) >= 11 is 0. The second-order valence-electron chi connectivity index (χ2n) is 7.59.